The lowest BCUT2D eigenvalue weighted by Gasteiger charge is -2.12. The van der Waals surface area contributed by atoms with Gasteiger partial charge in [-0.25, -0.2) is 0 Å². The highest BCUT2D eigenvalue weighted by atomic mass is 16.4. The number of Topliss-reactive ketones (excluding diaryl/α,β-unsaturated/α-hetero) is 1. The molecule has 0 saturated heterocycles. The first-order chi connectivity index (χ1) is 7.75. The molecule has 3 heteroatoms. The minimum Gasteiger partial charge on any atom is -0.411 e. The van der Waals surface area contributed by atoms with Crippen LogP contribution < -0.4 is 0 Å². The fourth-order valence-corrected chi connectivity index (χ4v) is 2.26. The Kier molecular flexibility index (Phi) is 6.12. The Morgan fingerprint density at radius 1 is 1.06 bits per heavy atom. The van der Waals surface area contributed by atoms with Crippen LogP contribution in [0, 0.1) is 5.92 Å². The third kappa shape index (κ3) is 4.33. The molecule has 0 aromatic heterocycles. The van der Waals surface area contributed by atoms with Gasteiger partial charge in [-0.05, 0) is 19.3 Å². The molecule has 1 N–H and O–H groups in total. The summed E-state index contributed by atoms with van der Waals surface area (Å²) >= 11 is 0. The van der Waals surface area contributed by atoms with Crippen LogP contribution in [-0.4, -0.2) is 16.7 Å². The number of rotatable bonds is 0. The summed E-state index contributed by atoms with van der Waals surface area (Å²) in [4.78, 5) is 11.9. The highest BCUT2D eigenvalue weighted by molar-refractivity contribution is 6.40. The summed E-state index contributed by atoms with van der Waals surface area (Å²) in [5.74, 6) is 0.0633. The molecule has 92 valence electrons. The maximum atomic E-state index is 11.9. The highest BCUT2D eigenvalue weighted by Crippen LogP contribution is 2.17. The van der Waals surface area contributed by atoms with E-state index in [1.165, 1.54) is 25.7 Å². The first-order valence-corrected chi connectivity index (χ1v) is 6.51. The van der Waals surface area contributed by atoms with E-state index in [0.717, 1.165) is 25.7 Å². The molecule has 0 amide bonds. The van der Waals surface area contributed by atoms with Gasteiger partial charge in [-0.15, -0.1) is 0 Å². The zero-order valence-electron chi connectivity index (χ0n) is 10.2. The second-order valence-corrected chi connectivity index (χ2v) is 4.83. The first kappa shape index (κ1) is 13.2. The first-order valence-electron chi connectivity index (χ1n) is 6.51. The highest BCUT2D eigenvalue weighted by Gasteiger charge is 2.19. The number of hydrogen-bond acceptors (Lipinski definition) is 3. The Hall–Kier alpha value is -0.860. The Morgan fingerprint density at radius 2 is 1.62 bits per heavy atom. The lowest BCUT2D eigenvalue weighted by molar-refractivity contribution is -0.116. The van der Waals surface area contributed by atoms with Gasteiger partial charge in [-0.1, -0.05) is 50.6 Å². The van der Waals surface area contributed by atoms with E-state index < -0.39 is 0 Å². The second kappa shape index (κ2) is 7.42. The molecule has 0 aromatic rings. The van der Waals surface area contributed by atoms with Gasteiger partial charge in [0, 0.05) is 5.92 Å². The molecule has 3 nitrogen and oxygen atoms in total. The summed E-state index contributed by atoms with van der Waals surface area (Å²) < 4.78 is 0. The van der Waals surface area contributed by atoms with E-state index >= 15 is 0 Å². The van der Waals surface area contributed by atoms with Gasteiger partial charge in [0.25, 0.3) is 0 Å². The van der Waals surface area contributed by atoms with Crippen LogP contribution in [0.25, 0.3) is 0 Å². The molecule has 0 aromatic carbocycles. The molecule has 0 aliphatic heterocycles. The van der Waals surface area contributed by atoms with Crippen LogP contribution in [-0.2, 0) is 4.79 Å². The maximum Gasteiger partial charge on any atom is 0.183 e. The SMILES string of the molecule is CC1CCCCCCCCC/C(=N/O)C1=O. The molecule has 1 atom stereocenters. The van der Waals surface area contributed by atoms with Crippen molar-refractivity contribution >= 4 is 11.5 Å². The second-order valence-electron chi connectivity index (χ2n) is 4.83. The monoisotopic (exact) mass is 225 g/mol. The summed E-state index contributed by atoms with van der Waals surface area (Å²) in [6.45, 7) is 1.94. The Balaban J connectivity index is 2.55. The van der Waals surface area contributed by atoms with Gasteiger partial charge < -0.3 is 5.21 Å². The summed E-state index contributed by atoms with van der Waals surface area (Å²) in [7, 11) is 0. The van der Waals surface area contributed by atoms with E-state index in [-0.39, 0.29) is 11.7 Å². The van der Waals surface area contributed by atoms with Gasteiger partial charge in [0.05, 0.1) is 0 Å². The number of hydrogen-bond donors (Lipinski definition) is 1. The largest absolute Gasteiger partial charge is 0.411 e. The van der Waals surface area contributed by atoms with E-state index in [1.807, 2.05) is 6.92 Å². The van der Waals surface area contributed by atoms with Gasteiger partial charge in [0.15, 0.2) is 5.78 Å². The fraction of sp³-hybridized carbons (Fsp3) is 0.846. The predicted molar refractivity (Wildman–Crippen MR) is 64.9 cm³/mol. The van der Waals surface area contributed by atoms with Crippen LogP contribution in [0.3, 0.4) is 0 Å². The normalized spacial score (nSPS) is 28.4. The molecule has 16 heavy (non-hydrogen) atoms. The summed E-state index contributed by atoms with van der Waals surface area (Å²) in [6, 6.07) is 0. The summed E-state index contributed by atoms with van der Waals surface area (Å²) in [5.41, 5.74) is 0.382. The zero-order valence-corrected chi connectivity index (χ0v) is 10.2. The van der Waals surface area contributed by atoms with Crippen molar-refractivity contribution in [3.05, 3.63) is 0 Å². The van der Waals surface area contributed by atoms with Crippen molar-refractivity contribution in [1.29, 1.82) is 0 Å². The fourth-order valence-electron chi connectivity index (χ4n) is 2.26. The molecule has 1 rings (SSSR count). The standard InChI is InChI=1S/C13H23NO2/c1-11-9-7-5-3-2-4-6-8-10-12(14-16)13(11)15/h11,16H,2-10H2,1H3/b14-12-. The number of carbonyl (C=O) groups excluding carboxylic acids is 1. The topological polar surface area (TPSA) is 49.7 Å². The third-order valence-electron chi connectivity index (χ3n) is 3.40. The van der Waals surface area contributed by atoms with Crippen molar-refractivity contribution in [2.75, 3.05) is 0 Å². The Bertz CT molecular complexity index is 248. The Labute approximate surface area is 97.9 Å². The molecular weight excluding hydrogens is 202 g/mol. The molecule has 1 aliphatic rings. The van der Waals surface area contributed by atoms with E-state index in [1.54, 1.807) is 0 Å². The van der Waals surface area contributed by atoms with E-state index in [2.05, 4.69) is 5.16 Å². The van der Waals surface area contributed by atoms with Gasteiger partial charge in [0.2, 0.25) is 0 Å². The number of oxime groups is 1. The maximum absolute atomic E-state index is 11.9. The van der Waals surface area contributed by atoms with Gasteiger partial charge in [-0.3, -0.25) is 4.79 Å². The molecular formula is C13H23NO2. The average Bonchev–Trinajstić information content (AvgIpc) is 2.29. The molecule has 1 aliphatic carbocycles. The van der Waals surface area contributed by atoms with Crippen LogP contribution in [0.5, 0.6) is 0 Å². The zero-order chi connectivity index (χ0) is 11.8. The van der Waals surface area contributed by atoms with Crippen molar-refractivity contribution in [1.82, 2.24) is 0 Å². The number of ketones is 1. The van der Waals surface area contributed by atoms with E-state index in [4.69, 9.17) is 5.21 Å². The number of carbonyl (C=O) groups is 1. The molecule has 0 bridgehead atoms. The van der Waals surface area contributed by atoms with E-state index in [0.29, 0.717) is 12.1 Å². The van der Waals surface area contributed by atoms with Gasteiger partial charge in [-0.2, -0.15) is 0 Å². The molecule has 0 heterocycles. The van der Waals surface area contributed by atoms with Gasteiger partial charge in [0.1, 0.15) is 5.71 Å². The average molecular weight is 225 g/mol. The lowest BCUT2D eigenvalue weighted by Crippen LogP contribution is -2.22. The van der Waals surface area contributed by atoms with Crippen molar-refractivity contribution in [2.45, 2.75) is 64.7 Å². The quantitative estimate of drug-likeness (QED) is 0.506. The molecule has 0 radical (unpaired) electrons. The van der Waals surface area contributed by atoms with Crippen LogP contribution in [0.1, 0.15) is 64.7 Å². The number of nitrogens with zero attached hydrogens (tertiary/aromatic N) is 1. The van der Waals surface area contributed by atoms with Gasteiger partial charge >= 0.3 is 0 Å². The van der Waals surface area contributed by atoms with Crippen LogP contribution in [0.4, 0.5) is 0 Å². The minimum atomic E-state index is 0.0188. The van der Waals surface area contributed by atoms with Crippen molar-refractivity contribution in [2.24, 2.45) is 11.1 Å². The van der Waals surface area contributed by atoms with E-state index in [9.17, 15) is 4.79 Å². The predicted octanol–water partition coefficient (Wildman–Crippen LogP) is 3.55. The van der Waals surface area contributed by atoms with Crippen LogP contribution in [0.15, 0.2) is 5.16 Å². The molecule has 0 spiro atoms. The summed E-state index contributed by atoms with van der Waals surface area (Å²) in [5, 5.41) is 12.0. The molecule has 1 unspecified atom stereocenters. The molecule has 1 saturated carbocycles. The van der Waals surface area contributed by atoms with Crippen molar-refractivity contribution in [3.63, 3.8) is 0 Å². The van der Waals surface area contributed by atoms with Crippen LogP contribution >= 0.6 is 0 Å². The Morgan fingerprint density at radius 3 is 2.25 bits per heavy atom. The summed E-state index contributed by atoms with van der Waals surface area (Å²) in [6.07, 6.45) is 9.85. The molecule has 1 fully saturated rings. The van der Waals surface area contributed by atoms with Crippen molar-refractivity contribution < 1.29 is 10.0 Å². The minimum absolute atomic E-state index is 0.0188. The van der Waals surface area contributed by atoms with Crippen molar-refractivity contribution in [3.8, 4) is 0 Å². The lowest BCUT2D eigenvalue weighted by atomic mass is 9.92. The van der Waals surface area contributed by atoms with Crippen LogP contribution in [0.2, 0.25) is 0 Å². The smallest absolute Gasteiger partial charge is 0.183 e. The third-order valence-corrected chi connectivity index (χ3v) is 3.40.